The number of allylic oxidation sites excluding steroid dienone is 2. The number of hydrogen-bond acceptors (Lipinski definition) is 2. The number of rotatable bonds is 5. The summed E-state index contributed by atoms with van der Waals surface area (Å²) in [5.74, 6) is -1.26. The highest BCUT2D eigenvalue weighted by atomic mass is 19.2. The van der Waals surface area contributed by atoms with Gasteiger partial charge in [0.15, 0.2) is 11.6 Å². The van der Waals surface area contributed by atoms with Gasteiger partial charge in [0, 0.05) is 18.2 Å². The Labute approximate surface area is 134 Å². The third-order valence-corrected chi connectivity index (χ3v) is 3.42. The van der Waals surface area contributed by atoms with E-state index in [2.05, 4.69) is 11.6 Å². The van der Waals surface area contributed by atoms with Crippen LogP contribution >= 0.6 is 0 Å². The van der Waals surface area contributed by atoms with Crippen LogP contribution in [0.1, 0.15) is 31.7 Å². The molecule has 0 N–H and O–H groups in total. The fourth-order valence-electron chi connectivity index (χ4n) is 2.35. The van der Waals surface area contributed by atoms with Gasteiger partial charge in [-0.3, -0.25) is 4.57 Å². The van der Waals surface area contributed by atoms with Crippen molar-refractivity contribution in [2.75, 3.05) is 0 Å². The molecule has 0 amide bonds. The molecule has 0 saturated heterocycles. The summed E-state index contributed by atoms with van der Waals surface area (Å²) in [6.45, 7) is 7.47. The molecule has 0 aliphatic rings. The summed E-state index contributed by atoms with van der Waals surface area (Å²) in [4.78, 5) is 4.23. The minimum atomic E-state index is -0.931. The Morgan fingerprint density at radius 2 is 2.13 bits per heavy atom. The number of aryl methyl sites for hydroxylation is 1. The molecule has 1 heterocycles. The third-order valence-electron chi connectivity index (χ3n) is 3.42. The van der Waals surface area contributed by atoms with Crippen LogP contribution in [0, 0.1) is 23.0 Å². The van der Waals surface area contributed by atoms with E-state index in [9.17, 15) is 8.78 Å². The molecule has 0 bridgehead atoms. The molecular weight excluding hydrogens is 296 g/mol. The minimum absolute atomic E-state index is 0.126. The van der Waals surface area contributed by atoms with Crippen molar-refractivity contribution in [3.05, 3.63) is 54.0 Å². The topological polar surface area (TPSA) is 41.6 Å². The highest BCUT2D eigenvalue weighted by Gasteiger charge is 2.18. The molecule has 0 radical (unpaired) electrons. The van der Waals surface area contributed by atoms with Crippen LogP contribution in [-0.4, -0.2) is 9.55 Å². The molecule has 0 atom stereocenters. The van der Waals surface area contributed by atoms with Gasteiger partial charge in [-0.05, 0) is 37.5 Å². The van der Waals surface area contributed by atoms with Crippen LogP contribution in [0.2, 0.25) is 0 Å². The van der Waals surface area contributed by atoms with Crippen LogP contribution in [0.3, 0.4) is 0 Å². The molecule has 1 aromatic carbocycles. The first-order valence-corrected chi connectivity index (χ1v) is 7.21. The zero-order valence-corrected chi connectivity index (χ0v) is 13.1. The van der Waals surface area contributed by atoms with E-state index in [1.165, 1.54) is 18.3 Å². The van der Waals surface area contributed by atoms with Gasteiger partial charge in [0.1, 0.15) is 5.82 Å². The number of benzene rings is 1. The molecule has 1 aromatic heterocycles. The number of halogens is 2. The molecule has 0 saturated carbocycles. The van der Waals surface area contributed by atoms with E-state index < -0.39 is 11.6 Å². The second-order valence-electron chi connectivity index (χ2n) is 5.16. The van der Waals surface area contributed by atoms with E-state index in [-0.39, 0.29) is 24.0 Å². The minimum Gasteiger partial charge on any atom is -0.300 e. The van der Waals surface area contributed by atoms with Crippen molar-refractivity contribution in [2.45, 2.75) is 26.7 Å². The molecule has 3 nitrogen and oxygen atoms in total. The zero-order chi connectivity index (χ0) is 17.0. The molecule has 118 valence electrons. The quantitative estimate of drug-likeness (QED) is 0.795. The number of hydrogen-bond donors (Lipinski definition) is 0. The van der Waals surface area contributed by atoms with Crippen molar-refractivity contribution in [1.82, 2.24) is 9.55 Å². The fraction of sp³-hybridized carbons (Fsp3) is 0.222. The van der Waals surface area contributed by atoms with Crippen LogP contribution in [0.25, 0.3) is 23.0 Å². The van der Waals surface area contributed by atoms with Crippen molar-refractivity contribution in [2.24, 2.45) is 0 Å². The standard InChI is InChI=1S/C18H17F2N3/c1-4-10-23-15(11-22-18(23)12(2)3)14-8-7-13(6-5-9-21)16(19)17(14)20/h4,7-8,10-11H,2,5-6H2,1,3H3/b10-4-. The van der Waals surface area contributed by atoms with Gasteiger partial charge in [0.05, 0.1) is 18.0 Å². The lowest BCUT2D eigenvalue weighted by molar-refractivity contribution is 0.501. The van der Waals surface area contributed by atoms with Crippen molar-refractivity contribution < 1.29 is 8.78 Å². The highest BCUT2D eigenvalue weighted by Crippen LogP contribution is 2.29. The zero-order valence-electron chi connectivity index (χ0n) is 13.1. The van der Waals surface area contributed by atoms with Gasteiger partial charge in [-0.2, -0.15) is 5.26 Å². The van der Waals surface area contributed by atoms with E-state index in [4.69, 9.17) is 5.26 Å². The summed E-state index contributed by atoms with van der Waals surface area (Å²) in [6.07, 6.45) is 5.34. The second-order valence-corrected chi connectivity index (χ2v) is 5.16. The summed E-state index contributed by atoms with van der Waals surface area (Å²) in [7, 11) is 0. The lowest BCUT2D eigenvalue weighted by Gasteiger charge is -2.10. The predicted octanol–water partition coefficient (Wildman–Crippen LogP) is 4.81. The summed E-state index contributed by atoms with van der Waals surface area (Å²) in [5, 5.41) is 8.58. The Hall–Kier alpha value is -2.74. The SMILES string of the molecule is C=C(C)c1ncc(-c2ccc(CCC#N)c(F)c2F)n1/C=C\C. The molecule has 0 aliphatic heterocycles. The average Bonchev–Trinajstić information content (AvgIpc) is 2.93. The predicted molar refractivity (Wildman–Crippen MR) is 87.2 cm³/mol. The van der Waals surface area contributed by atoms with Gasteiger partial charge in [0.25, 0.3) is 0 Å². The first kappa shape index (κ1) is 16.6. The third kappa shape index (κ3) is 3.21. The van der Waals surface area contributed by atoms with Gasteiger partial charge in [-0.25, -0.2) is 13.8 Å². The lowest BCUT2D eigenvalue weighted by Crippen LogP contribution is -2.01. The number of nitriles is 1. The molecule has 2 rings (SSSR count). The number of imidazole rings is 1. The Kier molecular flexibility index (Phi) is 5.07. The highest BCUT2D eigenvalue weighted by molar-refractivity contribution is 5.68. The second kappa shape index (κ2) is 7.01. The van der Waals surface area contributed by atoms with Gasteiger partial charge in [0.2, 0.25) is 0 Å². The van der Waals surface area contributed by atoms with Crippen LogP contribution in [0.5, 0.6) is 0 Å². The maximum Gasteiger partial charge on any atom is 0.168 e. The van der Waals surface area contributed by atoms with E-state index in [1.807, 2.05) is 13.0 Å². The molecule has 0 unspecified atom stereocenters. The Balaban J connectivity index is 2.58. The van der Waals surface area contributed by atoms with Crippen molar-refractivity contribution >= 4 is 11.8 Å². The normalized spacial score (nSPS) is 10.9. The molecule has 0 fully saturated rings. The van der Waals surface area contributed by atoms with Crippen LogP contribution in [-0.2, 0) is 6.42 Å². The largest absolute Gasteiger partial charge is 0.300 e. The summed E-state index contributed by atoms with van der Waals surface area (Å²) in [6, 6.07) is 4.96. The van der Waals surface area contributed by atoms with Crippen molar-refractivity contribution in [3.8, 4) is 17.3 Å². The molecule has 0 spiro atoms. The van der Waals surface area contributed by atoms with E-state index in [0.717, 1.165) is 5.57 Å². The van der Waals surface area contributed by atoms with Crippen molar-refractivity contribution in [3.63, 3.8) is 0 Å². The van der Waals surface area contributed by atoms with E-state index in [1.54, 1.807) is 23.8 Å². The smallest absolute Gasteiger partial charge is 0.168 e. The fourth-order valence-corrected chi connectivity index (χ4v) is 2.35. The van der Waals surface area contributed by atoms with Gasteiger partial charge in [-0.1, -0.05) is 18.7 Å². The lowest BCUT2D eigenvalue weighted by atomic mass is 10.0. The first-order chi connectivity index (χ1) is 11.0. The van der Waals surface area contributed by atoms with Gasteiger partial charge >= 0.3 is 0 Å². The van der Waals surface area contributed by atoms with Crippen molar-refractivity contribution in [1.29, 1.82) is 5.26 Å². The van der Waals surface area contributed by atoms with Crippen LogP contribution in [0.15, 0.2) is 31.0 Å². The molecular formula is C18H17F2N3. The van der Waals surface area contributed by atoms with E-state index in [0.29, 0.717) is 11.5 Å². The maximum atomic E-state index is 14.5. The van der Waals surface area contributed by atoms with Crippen LogP contribution in [0.4, 0.5) is 8.78 Å². The maximum absolute atomic E-state index is 14.5. The van der Waals surface area contributed by atoms with Gasteiger partial charge < -0.3 is 0 Å². The van der Waals surface area contributed by atoms with Gasteiger partial charge in [-0.15, -0.1) is 0 Å². The molecule has 23 heavy (non-hydrogen) atoms. The van der Waals surface area contributed by atoms with E-state index >= 15 is 0 Å². The first-order valence-electron chi connectivity index (χ1n) is 7.21. The number of nitrogens with zero attached hydrogens (tertiary/aromatic N) is 3. The Bertz CT molecular complexity index is 810. The Morgan fingerprint density at radius 3 is 2.74 bits per heavy atom. The summed E-state index contributed by atoms with van der Waals surface area (Å²) < 4.78 is 30.3. The monoisotopic (exact) mass is 313 g/mol. The number of aromatic nitrogens is 2. The Morgan fingerprint density at radius 1 is 1.39 bits per heavy atom. The average molecular weight is 313 g/mol. The molecule has 2 aromatic rings. The molecule has 5 heteroatoms. The summed E-state index contributed by atoms with van der Waals surface area (Å²) in [5.41, 5.74) is 1.50. The molecule has 0 aliphatic carbocycles. The van der Waals surface area contributed by atoms with Crippen LogP contribution < -0.4 is 0 Å². The summed E-state index contributed by atoms with van der Waals surface area (Å²) >= 11 is 0.